The Morgan fingerprint density at radius 1 is 0.913 bits per heavy atom. The molecule has 3 heteroatoms. The molecule has 0 radical (unpaired) electrons. The zero-order valence-corrected chi connectivity index (χ0v) is 15.9. The molecule has 0 amide bonds. The van der Waals surface area contributed by atoms with Crippen LogP contribution >= 0.6 is 0 Å². The number of hydrogen-bond donors (Lipinski definition) is 0. The van der Waals surface area contributed by atoms with Gasteiger partial charge in [0.05, 0.1) is 25.8 Å². The van der Waals surface area contributed by atoms with Crippen LogP contribution in [0.3, 0.4) is 0 Å². The van der Waals surface area contributed by atoms with Crippen molar-refractivity contribution in [1.82, 2.24) is 0 Å². The van der Waals surface area contributed by atoms with Crippen LogP contribution in [0.4, 0.5) is 0 Å². The predicted molar refractivity (Wildman–Crippen MR) is 95.0 cm³/mol. The first-order chi connectivity index (χ1) is 10.6. The molecule has 0 heterocycles. The molecule has 0 fully saturated rings. The van der Waals surface area contributed by atoms with Gasteiger partial charge in [-0.2, -0.15) is 0 Å². The van der Waals surface area contributed by atoms with Crippen molar-refractivity contribution in [1.29, 1.82) is 0 Å². The van der Waals surface area contributed by atoms with Crippen molar-refractivity contribution < 1.29 is 21.7 Å². The minimum Gasteiger partial charge on any atom is -1.00 e. The van der Waals surface area contributed by atoms with Crippen LogP contribution in [0, 0.1) is 0 Å². The summed E-state index contributed by atoms with van der Waals surface area (Å²) in [6.07, 6.45) is 8.37. The van der Waals surface area contributed by atoms with Crippen LogP contribution in [0.15, 0.2) is 36.5 Å². The van der Waals surface area contributed by atoms with Gasteiger partial charge in [0.25, 0.3) is 0 Å². The van der Waals surface area contributed by atoms with E-state index in [4.69, 9.17) is 0 Å². The zero-order chi connectivity index (χ0) is 16.4. The van der Waals surface area contributed by atoms with Gasteiger partial charge in [-0.3, -0.25) is 9.28 Å². The van der Waals surface area contributed by atoms with E-state index in [2.05, 4.69) is 33.9 Å². The summed E-state index contributed by atoms with van der Waals surface area (Å²) in [7, 11) is 0. The van der Waals surface area contributed by atoms with E-state index in [9.17, 15) is 4.79 Å². The van der Waals surface area contributed by atoms with Crippen molar-refractivity contribution >= 4 is 5.78 Å². The number of carbonyl (C=O) groups excluding carboxylic acids is 1. The van der Waals surface area contributed by atoms with E-state index in [1.807, 2.05) is 24.3 Å². The highest BCUT2D eigenvalue weighted by molar-refractivity contribution is 6.04. The fraction of sp³-hybridized carbons (Fsp3) is 0.550. The summed E-state index contributed by atoms with van der Waals surface area (Å²) in [6, 6.07) is 7.99. The van der Waals surface area contributed by atoms with Crippen LogP contribution in [0.25, 0.3) is 0 Å². The number of quaternary nitrogens is 1. The summed E-state index contributed by atoms with van der Waals surface area (Å²) in [4.78, 5) is 12.4. The molecule has 0 aliphatic rings. The second-order valence-electron chi connectivity index (χ2n) is 6.12. The molecule has 0 bridgehead atoms. The number of carbonyl (C=O) groups is 1. The van der Waals surface area contributed by atoms with Gasteiger partial charge >= 0.3 is 0 Å². The quantitative estimate of drug-likeness (QED) is 0.362. The van der Waals surface area contributed by atoms with E-state index < -0.39 is 0 Å². The lowest BCUT2D eigenvalue weighted by molar-refractivity contribution is -0.879. The molecule has 0 spiro atoms. The molecule has 23 heavy (non-hydrogen) atoms. The van der Waals surface area contributed by atoms with Crippen molar-refractivity contribution in [2.45, 2.75) is 53.4 Å². The van der Waals surface area contributed by atoms with Crippen molar-refractivity contribution in [3.63, 3.8) is 0 Å². The minimum absolute atomic E-state index is 0. The van der Waals surface area contributed by atoms with E-state index >= 15 is 0 Å². The monoisotopic (exact) mass is 337 g/mol. The molecule has 0 atom stereocenters. The fourth-order valence-electron chi connectivity index (χ4n) is 3.12. The Hall–Kier alpha value is -1.12. The maximum absolute atomic E-state index is 12.4. The van der Waals surface area contributed by atoms with Gasteiger partial charge in [0.2, 0.25) is 0 Å². The number of allylic oxidation sites excluding steroid dienone is 1. The van der Waals surface area contributed by atoms with E-state index in [0.29, 0.717) is 0 Å². The minimum atomic E-state index is 0. The largest absolute Gasteiger partial charge is 1.00 e. The Morgan fingerprint density at radius 2 is 1.39 bits per heavy atom. The van der Waals surface area contributed by atoms with E-state index in [1.54, 1.807) is 6.08 Å². The Morgan fingerprint density at radius 3 is 1.78 bits per heavy atom. The molecule has 0 unspecified atom stereocenters. The second-order valence-corrected chi connectivity index (χ2v) is 6.12. The Balaban J connectivity index is 0.00000484. The number of halogens is 1. The van der Waals surface area contributed by atoms with Gasteiger partial charge in [-0.15, -0.1) is 0 Å². The van der Waals surface area contributed by atoms with Crippen LogP contribution < -0.4 is 12.4 Å². The maximum atomic E-state index is 12.4. The van der Waals surface area contributed by atoms with Gasteiger partial charge in [0, 0.05) is 11.6 Å². The van der Waals surface area contributed by atoms with E-state index in [1.165, 1.54) is 5.56 Å². The van der Waals surface area contributed by atoms with Crippen LogP contribution in [-0.4, -0.2) is 29.9 Å². The first-order valence-corrected chi connectivity index (χ1v) is 8.79. The lowest BCUT2D eigenvalue weighted by Crippen LogP contribution is -3.00. The number of aryl methyl sites for hydroxylation is 1. The number of hydrogen-bond acceptors (Lipinski definition) is 1. The molecular formula is C20H32ClNO. The van der Waals surface area contributed by atoms with Gasteiger partial charge in [-0.05, 0) is 31.2 Å². The summed E-state index contributed by atoms with van der Waals surface area (Å²) in [5.41, 5.74) is 2.06. The number of nitrogens with zero attached hydrogens (tertiary/aromatic N) is 1. The normalized spacial score (nSPS) is 11.5. The molecule has 0 saturated heterocycles. The molecule has 0 saturated carbocycles. The summed E-state index contributed by atoms with van der Waals surface area (Å²) < 4.78 is 0.933. The summed E-state index contributed by atoms with van der Waals surface area (Å²) in [5, 5.41) is 0. The van der Waals surface area contributed by atoms with Crippen molar-refractivity contribution in [2.75, 3.05) is 19.6 Å². The molecular weight excluding hydrogens is 306 g/mol. The van der Waals surface area contributed by atoms with Crippen LogP contribution in [0.5, 0.6) is 0 Å². The molecule has 1 rings (SSSR count). The van der Waals surface area contributed by atoms with Gasteiger partial charge in [0.15, 0.2) is 5.78 Å². The molecule has 2 nitrogen and oxygen atoms in total. The molecule has 1 aromatic carbocycles. The van der Waals surface area contributed by atoms with Crippen LogP contribution in [-0.2, 0) is 6.42 Å². The Labute approximate surface area is 148 Å². The van der Waals surface area contributed by atoms with E-state index in [0.717, 1.165) is 55.4 Å². The first-order valence-electron chi connectivity index (χ1n) is 8.79. The van der Waals surface area contributed by atoms with Gasteiger partial charge in [-0.1, -0.05) is 52.0 Å². The topological polar surface area (TPSA) is 17.1 Å². The van der Waals surface area contributed by atoms with Crippen molar-refractivity contribution in [3.05, 3.63) is 47.7 Å². The fourth-order valence-corrected chi connectivity index (χ4v) is 3.12. The van der Waals surface area contributed by atoms with Crippen molar-refractivity contribution in [3.8, 4) is 0 Å². The first kappa shape index (κ1) is 21.9. The third-order valence-electron chi connectivity index (χ3n) is 4.20. The second kappa shape index (κ2) is 11.4. The van der Waals surface area contributed by atoms with Crippen molar-refractivity contribution in [2.24, 2.45) is 0 Å². The third kappa shape index (κ3) is 6.88. The molecule has 0 aliphatic carbocycles. The third-order valence-corrected chi connectivity index (χ3v) is 4.20. The lowest BCUT2D eigenvalue weighted by Gasteiger charge is -2.34. The molecule has 130 valence electrons. The number of rotatable bonds is 10. The molecule has 0 N–H and O–H groups in total. The highest BCUT2D eigenvalue weighted by atomic mass is 35.5. The highest BCUT2D eigenvalue weighted by Gasteiger charge is 2.22. The van der Waals surface area contributed by atoms with Crippen LogP contribution in [0.1, 0.15) is 62.9 Å². The van der Waals surface area contributed by atoms with Gasteiger partial charge in [-0.25, -0.2) is 0 Å². The smallest absolute Gasteiger partial charge is 0.191 e. The average molecular weight is 338 g/mol. The number of ketones is 1. The predicted octanol–water partition coefficient (Wildman–Crippen LogP) is 2.00. The summed E-state index contributed by atoms with van der Waals surface area (Å²) in [5.74, 6) is 0.119. The Kier molecular flexibility index (Phi) is 10.9. The summed E-state index contributed by atoms with van der Waals surface area (Å²) in [6.45, 7) is 12.1. The SMILES string of the molecule is CCC[N+](C=CC(=O)c1ccc(CC)cc1)(CCC)CCC.[Cl-]. The summed E-state index contributed by atoms with van der Waals surface area (Å²) >= 11 is 0. The number of benzene rings is 1. The van der Waals surface area contributed by atoms with Gasteiger partial charge in [0.1, 0.15) is 0 Å². The van der Waals surface area contributed by atoms with Gasteiger partial charge < -0.3 is 12.4 Å². The zero-order valence-electron chi connectivity index (χ0n) is 15.1. The average Bonchev–Trinajstić information content (AvgIpc) is 2.53. The van der Waals surface area contributed by atoms with E-state index in [-0.39, 0.29) is 18.2 Å². The molecule has 0 aromatic heterocycles. The standard InChI is InChI=1S/C20H32NO.ClH/c1-5-14-21(15-6-2,16-7-3)17-13-20(22)19-11-9-18(8-4)10-12-19;/h9-13,17H,5-8,14-16H2,1-4H3;1H/q+1;/p-1. The Bertz CT molecular complexity index is 462. The highest BCUT2D eigenvalue weighted by Crippen LogP contribution is 2.14. The molecule has 1 aromatic rings. The maximum Gasteiger partial charge on any atom is 0.191 e. The lowest BCUT2D eigenvalue weighted by atomic mass is 10.1. The van der Waals surface area contributed by atoms with Crippen LogP contribution in [0.2, 0.25) is 0 Å². The molecule has 0 aliphatic heterocycles.